The first kappa shape index (κ1) is 15.9. The molecule has 0 spiro atoms. The highest BCUT2D eigenvalue weighted by Gasteiger charge is 2.49. The molecule has 1 amide bonds. The number of rotatable bonds is 4. The fourth-order valence-corrected chi connectivity index (χ4v) is 4.22. The van der Waals surface area contributed by atoms with E-state index in [1.54, 1.807) is 19.1 Å². The summed E-state index contributed by atoms with van der Waals surface area (Å²) in [6, 6.07) is 2.76. The molecule has 1 aliphatic carbocycles. The summed E-state index contributed by atoms with van der Waals surface area (Å²) < 4.78 is 10.8. The molecule has 1 saturated heterocycles. The molecule has 132 valence electrons. The molecule has 1 aliphatic heterocycles. The van der Waals surface area contributed by atoms with Crippen LogP contribution in [0, 0.1) is 18.8 Å². The third-order valence-corrected chi connectivity index (χ3v) is 5.41. The second-order valence-electron chi connectivity index (χ2n) is 6.86. The van der Waals surface area contributed by atoms with Crippen LogP contribution in [0.25, 0.3) is 11.7 Å². The average Bonchev–Trinajstić information content (AvgIpc) is 3.30. The maximum absolute atomic E-state index is 12.8. The number of aryl methyl sites for hydroxylation is 1. The molecule has 3 unspecified atom stereocenters. The lowest BCUT2D eigenvalue weighted by Crippen LogP contribution is -2.44. The number of aliphatic carboxylic acids is 1. The molecule has 7 nitrogen and oxygen atoms in total. The van der Waals surface area contributed by atoms with Crippen molar-refractivity contribution in [1.29, 1.82) is 0 Å². The van der Waals surface area contributed by atoms with Crippen molar-refractivity contribution in [3.8, 4) is 11.7 Å². The Balaban J connectivity index is 1.53. The molecule has 4 rings (SSSR count). The molecular weight excluding hydrogens is 324 g/mol. The Hall–Kier alpha value is -2.57. The lowest BCUT2D eigenvalue weighted by Gasteiger charge is -2.24. The molecule has 7 heteroatoms. The molecule has 2 aliphatic rings. The third-order valence-electron chi connectivity index (χ3n) is 5.41. The van der Waals surface area contributed by atoms with Gasteiger partial charge in [-0.05, 0) is 43.7 Å². The van der Waals surface area contributed by atoms with E-state index in [1.165, 1.54) is 11.2 Å². The van der Waals surface area contributed by atoms with Gasteiger partial charge in [0, 0.05) is 6.54 Å². The number of hydrogen-bond acceptors (Lipinski definition) is 5. The minimum atomic E-state index is -0.907. The smallest absolute Gasteiger partial charge is 0.326 e. The minimum Gasteiger partial charge on any atom is -0.480 e. The van der Waals surface area contributed by atoms with Gasteiger partial charge >= 0.3 is 5.97 Å². The van der Waals surface area contributed by atoms with Crippen molar-refractivity contribution < 1.29 is 23.5 Å². The van der Waals surface area contributed by atoms with E-state index >= 15 is 0 Å². The number of carbonyl (C=O) groups excluding carboxylic acids is 1. The predicted octanol–water partition coefficient (Wildman–Crippen LogP) is 2.50. The van der Waals surface area contributed by atoms with Crippen LogP contribution in [0.15, 0.2) is 27.2 Å². The zero-order chi connectivity index (χ0) is 17.6. The summed E-state index contributed by atoms with van der Waals surface area (Å²) in [4.78, 5) is 30.3. The second kappa shape index (κ2) is 6.06. The number of carbonyl (C=O) groups is 2. The van der Waals surface area contributed by atoms with Gasteiger partial charge in [0.05, 0.1) is 18.4 Å². The lowest BCUT2D eigenvalue weighted by atomic mass is 9.94. The van der Waals surface area contributed by atoms with Crippen molar-refractivity contribution in [3.63, 3.8) is 0 Å². The van der Waals surface area contributed by atoms with Crippen LogP contribution in [0.5, 0.6) is 0 Å². The van der Waals surface area contributed by atoms with Crippen molar-refractivity contribution in [2.75, 3.05) is 6.54 Å². The van der Waals surface area contributed by atoms with E-state index in [1.807, 2.05) is 0 Å². The number of hydrogen-bond donors (Lipinski definition) is 1. The lowest BCUT2D eigenvalue weighted by molar-refractivity contribution is -0.149. The number of fused-ring (bicyclic) bond motifs is 1. The Labute approximate surface area is 144 Å². The van der Waals surface area contributed by atoms with E-state index in [0.29, 0.717) is 35.6 Å². The van der Waals surface area contributed by atoms with Gasteiger partial charge in [-0.2, -0.15) is 0 Å². The molecule has 1 saturated carbocycles. The standard InChI is InChI=1S/C18H20N2O5/c1-10-13(19-17(25-10)14-6-3-7-24-14)8-15(21)20-9-11-4-2-5-12(11)16(20)18(22)23/h3,6-7,11-12,16H,2,4-5,8-9H2,1H3,(H,22,23). The van der Waals surface area contributed by atoms with Crippen molar-refractivity contribution in [2.24, 2.45) is 11.8 Å². The first-order chi connectivity index (χ1) is 12.0. The van der Waals surface area contributed by atoms with Gasteiger partial charge in [0.25, 0.3) is 5.89 Å². The normalized spacial score (nSPS) is 25.3. The number of furan rings is 1. The molecule has 3 heterocycles. The van der Waals surface area contributed by atoms with E-state index in [2.05, 4.69) is 4.98 Å². The molecule has 1 N–H and O–H groups in total. The van der Waals surface area contributed by atoms with Crippen molar-refractivity contribution >= 4 is 11.9 Å². The van der Waals surface area contributed by atoms with E-state index in [9.17, 15) is 14.7 Å². The maximum Gasteiger partial charge on any atom is 0.326 e. The summed E-state index contributed by atoms with van der Waals surface area (Å²) in [6.07, 6.45) is 4.51. The number of carboxylic acid groups (broad SMARTS) is 1. The van der Waals surface area contributed by atoms with Crippen LogP contribution in [-0.4, -0.2) is 39.5 Å². The Morgan fingerprint density at radius 1 is 1.40 bits per heavy atom. The van der Waals surface area contributed by atoms with E-state index in [4.69, 9.17) is 8.83 Å². The molecule has 2 fully saturated rings. The van der Waals surface area contributed by atoms with E-state index < -0.39 is 12.0 Å². The van der Waals surface area contributed by atoms with Crippen LogP contribution in [0.3, 0.4) is 0 Å². The monoisotopic (exact) mass is 344 g/mol. The van der Waals surface area contributed by atoms with Crippen LogP contribution in [0.4, 0.5) is 0 Å². The van der Waals surface area contributed by atoms with Gasteiger partial charge in [-0.3, -0.25) is 4.79 Å². The summed E-state index contributed by atoms with van der Waals surface area (Å²) in [5.74, 6) is 0.658. The molecule has 25 heavy (non-hydrogen) atoms. The number of likely N-dealkylation sites (tertiary alicyclic amines) is 1. The van der Waals surface area contributed by atoms with Crippen LogP contribution in [-0.2, 0) is 16.0 Å². The van der Waals surface area contributed by atoms with Crippen molar-refractivity contribution in [1.82, 2.24) is 9.88 Å². The Morgan fingerprint density at radius 2 is 2.24 bits per heavy atom. The van der Waals surface area contributed by atoms with Gasteiger partial charge in [-0.15, -0.1) is 0 Å². The van der Waals surface area contributed by atoms with Crippen LogP contribution >= 0.6 is 0 Å². The molecule has 0 radical (unpaired) electrons. The number of oxazole rings is 1. The molecule has 2 aromatic rings. The SMILES string of the molecule is Cc1oc(-c2ccco2)nc1CC(=O)N1CC2CCCC2C1C(=O)O. The molecule has 2 aromatic heterocycles. The van der Waals surface area contributed by atoms with Gasteiger partial charge in [0.2, 0.25) is 5.91 Å². The van der Waals surface area contributed by atoms with Crippen molar-refractivity contribution in [3.05, 3.63) is 29.9 Å². The third kappa shape index (κ3) is 2.73. The highest BCUT2D eigenvalue weighted by atomic mass is 16.4. The summed E-state index contributed by atoms with van der Waals surface area (Å²) in [7, 11) is 0. The van der Waals surface area contributed by atoms with Crippen LogP contribution in [0.2, 0.25) is 0 Å². The Bertz CT molecular complexity index is 795. The summed E-state index contributed by atoms with van der Waals surface area (Å²) >= 11 is 0. The van der Waals surface area contributed by atoms with Gasteiger partial charge in [0.15, 0.2) is 5.76 Å². The highest BCUT2D eigenvalue weighted by molar-refractivity contribution is 5.86. The first-order valence-electron chi connectivity index (χ1n) is 8.57. The Morgan fingerprint density at radius 3 is 2.96 bits per heavy atom. The van der Waals surface area contributed by atoms with Gasteiger partial charge in [-0.1, -0.05) is 6.42 Å². The van der Waals surface area contributed by atoms with Crippen molar-refractivity contribution in [2.45, 2.75) is 38.6 Å². The Kier molecular flexibility index (Phi) is 3.86. The topological polar surface area (TPSA) is 96.8 Å². The largest absolute Gasteiger partial charge is 0.480 e. The first-order valence-corrected chi connectivity index (χ1v) is 8.57. The number of aromatic nitrogens is 1. The van der Waals surface area contributed by atoms with Crippen LogP contribution < -0.4 is 0 Å². The van der Waals surface area contributed by atoms with Crippen LogP contribution in [0.1, 0.15) is 30.7 Å². The summed E-state index contributed by atoms with van der Waals surface area (Å²) in [5.41, 5.74) is 0.526. The van der Waals surface area contributed by atoms with E-state index in [-0.39, 0.29) is 18.2 Å². The predicted molar refractivity (Wildman–Crippen MR) is 86.6 cm³/mol. The zero-order valence-electron chi connectivity index (χ0n) is 14.0. The fourth-order valence-electron chi connectivity index (χ4n) is 4.22. The van der Waals surface area contributed by atoms with Gasteiger partial charge < -0.3 is 18.8 Å². The minimum absolute atomic E-state index is 0.0409. The summed E-state index contributed by atoms with van der Waals surface area (Å²) in [6.45, 7) is 2.28. The second-order valence-corrected chi connectivity index (χ2v) is 6.86. The fraction of sp³-hybridized carbons (Fsp3) is 0.500. The molecular formula is C18H20N2O5. The molecule has 0 aromatic carbocycles. The number of amides is 1. The average molecular weight is 344 g/mol. The molecule has 0 bridgehead atoms. The van der Waals surface area contributed by atoms with E-state index in [0.717, 1.165) is 19.3 Å². The number of nitrogens with zero attached hydrogens (tertiary/aromatic N) is 2. The maximum atomic E-state index is 12.8. The quantitative estimate of drug-likeness (QED) is 0.915. The van der Waals surface area contributed by atoms with Gasteiger partial charge in [-0.25, -0.2) is 9.78 Å². The highest BCUT2D eigenvalue weighted by Crippen LogP contribution is 2.42. The van der Waals surface area contributed by atoms with Gasteiger partial charge in [0.1, 0.15) is 11.8 Å². The zero-order valence-corrected chi connectivity index (χ0v) is 14.0. The summed E-state index contributed by atoms with van der Waals surface area (Å²) in [5, 5.41) is 9.59. The number of carboxylic acids is 1. The molecule has 3 atom stereocenters.